The maximum atomic E-state index is 9.51. The average Bonchev–Trinajstić information content (AvgIpc) is 2.15. The fraction of sp³-hybridized carbons (Fsp3) is 0.556. The molecule has 3 heteroatoms. The number of aryl methyl sites for hydroxylation is 1. The Morgan fingerprint density at radius 3 is 1.75 bits per heavy atom. The number of rotatable bonds is 0. The average molecular weight is 186 g/mol. The van der Waals surface area contributed by atoms with Gasteiger partial charge in [-0.1, -0.05) is 20.8 Å². The van der Waals surface area contributed by atoms with Gasteiger partial charge in [0, 0.05) is 10.3 Å². The summed E-state index contributed by atoms with van der Waals surface area (Å²) in [7, 11) is 0. The summed E-state index contributed by atoms with van der Waals surface area (Å²) in [5.74, 6) is 0.0786. The lowest BCUT2D eigenvalue weighted by molar-refractivity contribution is 0.394. The minimum atomic E-state index is -0.0967. The monoisotopic (exact) mass is 186 g/mol. The molecule has 0 bridgehead atoms. The van der Waals surface area contributed by atoms with Crippen LogP contribution in [0.4, 0.5) is 0 Å². The van der Waals surface area contributed by atoms with E-state index in [1.807, 2.05) is 20.8 Å². The van der Waals surface area contributed by atoms with E-state index in [2.05, 4.69) is 0 Å². The smallest absolute Gasteiger partial charge is 0.172 e. The summed E-state index contributed by atoms with van der Waals surface area (Å²) in [5.41, 5.74) is -0.0967. The van der Waals surface area contributed by atoms with Crippen LogP contribution >= 0.6 is 11.3 Å². The van der Waals surface area contributed by atoms with Crippen LogP contribution in [0.2, 0.25) is 0 Å². The summed E-state index contributed by atoms with van der Waals surface area (Å²) in [6.45, 7) is 7.83. The van der Waals surface area contributed by atoms with Gasteiger partial charge in [0.25, 0.3) is 0 Å². The third-order valence-electron chi connectivity index (χ3n) is 1.71. The van der Waals surface area contributed by atoms with Crippen LogP contribution in [0.15, 0.2) is 0 Å². The first-order valence-electron chi connectivity index (χ1n) is 3.86. The van der Waals surface area contributed by atoms with E-state index >= 15 is 0 Å². The lowest BCUT2D eigenvalue weighted by Crippen LogP contribution is -2.08. The second-order valence-electron chi connectivity index (χ2n) is 3.93. The van der Waals surface area contributed by atoms with Crippen LogP contribution < -0.4 is 0 Å². The highest BCUT2D eigenvalue weighted by atomic mass is 32.1. The van der Waals surface area contributed by atoms with Gasteiger partial charge in [0.1, 0.15) is 0 Å². The highest BCUT2D eigenvalue weighted by Crippen LogP contribution is 2.45. The molecule has 12 heavy (non-hydrogen) atoms. The van der Waals surface area contributed by atoms with Gasteiger partial charge in [-0.2, -0.15) is 0 Å². The summed E-state index contributed by atoms with van der Waals surface area (Å²) in [5, 5.41) is 18.9. The van der Waals surface area contributed by atoms with Crippen LogP contribution in [0.5, 0.6) is 11.5 Å². The molecule has 0 aromatic carbocycles. The molecule has 0 saturated heterocycles. The van der Waals surface area contributed by atoms with E-state index in [4.69, 9.17) is 0 Å². The maximum Gasteiger partial charge on any atom is 0.172 e. The van der Waals surface area contributed by atoms with Gasteiger partial charge < -0.3 is 10.2 Å². The SMILES string of the molecule is Cc1sc(C(C)(C)C)c(O)c1O. The summed E-state index contributed by atoms with van der Waals surface area (Å²) >= 11 is 1.45. The molecule has 0 amide bonds. The number of hydrogen-bond donors (Lipinski definition) is 2. The summed E-state index contributed by atoms with van der Waals surface area (Å²) < 4.78 is 0. The predicted molar refractivity (Wildman–Crippen MR) is 51.1 cm³/mol. The van der Waals surface area contributed by atoms with E-state index < -0.39 is 0 Å². The van der Waals surface area contributed by atoms with E-state index in [-0.39, 0.29) is 16.9 Å². The van der Waals surface area contributed by atoms with Crippen molar-refractivity contribution in [1.29, 1.82) is 0 Å². The third kappa shape index (κ3) is 1.41. The van der Waals surface area contributed by atoms with Crippen LogP contribution in [0.3, 0.4) is 0 Å². The third-order valence-corrected chi connectivity index (χ3v) is 3.22. The molecule has 0 unspecified atom stereocenters. The largest absolute Gasteiger partial charge is 0.503 e. The maximum absolute atomic E-state index is 9.51. The zero-order valence-electron chi connectivity index (χ0n) is 7.80. The molecule has 0 spiro atoms. The van der Waals surface area contributed by atoms with Crippen molar-refractivity contribution in [3.8, 4) is 11.5 Å². The first-order chi connectivity index (χ1) is 5.34. The van der Waals surface area contributed by atoms with Crippen molar-refractivity contribution in [3.63, 3.8) is 0 Å². The van der Waals surface area contributed by atoms with E-state index in [0.717, 1.165) is 9.75 Å². The van der Waals surface area contributed by atoms with Crippen molar-refractivity contribution < 1.29 is 10.2 Å². The molecular formula is C9H14O2S. The molecule has 1 heterocycles. The zero-order chi connectivity index (χ0) is 9.52. The lowest BCUT2D eigenvalue weighted by Gasteiger charge is -2.15. The van der Waals surface area contributed by atoms with Crippen molar-refractivity contribution in [1.82, 2.24) is 0 Å². The van der Waals surface area contributed by atoms with Gasteiger partial charge in [-0.25, -0.2) is 0 Å². The Morgan fingerprint density at radius 2 is 1.58 bits per heavy atom. The van der Waals surface area contributed by atoms with E-state index in [9.17, 15) is 10.2 Å². The van der Waals surface area contributed by atoms with E-state index in [1.54, 1.807) is 6.92 Å². The van der Waals surface area contributed by atoms with Crippen molar-refractivity contribution in [2.45, 2.75) is 33.1 Å². The van der Waals surface area contributed by atoms with Crippen molar-refractivity contribution in [3.05, 3.63) is 9.75 Å². The Hall–Kier alpha value is -0.700. The highest BCUT2D eigenvalue weighted by Gasteiger charge is 2.24. The van der Waals surface area contributed by atoms with Crippen molar-refractivity contribution in [2.75, 3.05) is 0 Å². The predicted octanol–water partition coefficient (Wildman–Crippen LogP) is 2.77. The summed E-state index contributed by atoms with van der Waals surface area (Å²) in [6, 6.07) is 0. The molecule has 0 aliphatic heterocycles. The van der Waals surface area contributed by atoms with Crippen molar-refractivity contribution >= 4 is 11.3 Å². The van der Waals surface area contributed by atoms with Crippen LogP contribution in [-0.2, 0) is 5.41 Å². The molecule has 68 valence electrons. The zero-order valence-corrected chi connectivity index (χ0v) is 8.62. The summed E-state index contributed by atoms with van der Waals surface area (Å²) in [4.78, 5) is 1.62. The van der Waals surface area contributed by atoms with Crippen LogP contribution in [0.1, 0.15) is 30.5 Å². The molecule has 0 atom stereocenters. The highest BCUT2D eigenvalue weighted by molar-refractivity contribution is 7.12. The topological polar surface area (TPSA) is 40.5 Å². The van der Waals surface area contributed by atoms with Gasteiger partial charge >= 0.3 is 0 Å². The number of thiophene rings is 1. The van der Waals surface area contributed by atoms with Crippen LogP contribution in [0.25, 0.3) is 0 Å². The van der Waals surface area contributed by atoms with Crippen LogP contribution in [-0.4, -0.2) is 10.2 Å². The van der Waals surface area contributed by atoms with Gasteiger partial charge in [0.05, 0.1) is 4.88 Å². The fourth-order valence-electron chi connectivity index (χ4n) is 1.03. The summed E-state index contributed by atoms with van der Waals surface area (Å²) in [6.07, 6.45) is 0. The van der Waals surface area contributed by atoms with E-state index in [0.29, 0.717) is 0 Å². The van der Waals surface area contributed by atoms with Gasteiger partial charge in [-0.3, -0.25) is 0 Å². The minimum Gasteiger partial charge on any atom is -0.503 e. The molecule has 0 saturated carbocycles. The van der Waals surface area contributed by atoms with Crippen molar-refractivity contribution in [2.24, 2.45) is 0 Å². The molecular weight excluding hydrogens is 172 g/mol. The number of hydrogen-bond acceptors (Lipinski definition) is 3. The molecule has 1 aromatic rings. The molecule has 2 nitrogen and oxygen atoms in total. The minimum absolute atomic E-state index is 0.0323. The first-order valence-corrected chi connectivity index (χ1v) is 4.67. The second kappa shape index (κ2) is 2.66. The molecule has 0 radical (unpaired) electrons. The lowest BCUT2D eigenvalue weighted by atomic mass is 9.94. The Morgan fingerprint density at radius 1 is 1.08 bits per heavy atom. The molecule has 0 aliphatic carbocycles. The van der Waals surface area contributed by atoms with E-state index in [1.165, 1.54) is 11.3 Å². The normalized spacial score (nSPS) is 12.0. The number of aromatic hydroxyl groups is 2. The Labute approximate surface area is 76.5 Å². The fourth-order valence-corrected chi connectivity index (χ4v) is 2.03. The van der Waals surface area contributed by atoms with Gasteiger partial charge in [0.2, 0.25) is 0 Å². The van der Waals surface area contributed by atoms with Crippen LogP contribution in [0, 0.1) is 6.92 Å². The molecule has 0 aliphatic rings. The van der Waals surface area contributed by atoms with Gasteiger partial charge in [-0.15, -0.1) is 11.3 Å². The van der Waals surface area contributed by atoms with Gasteiger partial charge in [-0.05, 0) is 6.92 Å². The Balaban J connectivity index is 3.28. The standard InChI is InChI=1S/C9H14O2S/c1-5-6(10)7(11)8(12-5)9(2,3)4/h10-11H,1-4H3. The second-order valence-corrected chi connectivity index (χ2v) is 5.16. The molecule has 1 rings (SSSR count). The molecule has 1 aromatic heterocycles. The molecule has 0 fully saturated rings. The quantitative estimate of drug-likeness (QED) is 0.654. The Kier molecular flexibility index (Phi) is 2.08. The molecule has 2 N–H and O–H groups in total. The Bertz CT molecular complexity index is 294. The first kappa shape index (κ1) is 9.39. The van der Waals surface area contributed by atoms with Gasteiger partial charge in [0.15, 0.2) is 11.5 Å².